The van der Waals surface area contributed by atoms with Crippen molar-refractivity contribution in [3.63, 3.8) is 0 Å². The lowest BCUT2D eigenvalue weighted by Crippen LogP contribution is -2.26. The normalized spacial score (nSPS) is 17.5. The molecule has 0 radical (unpaired) electrons. The van der Waals surface area contributed by atoms with Crippen molar-refractivity contribution in [1.29, 1.82) is 0 Å². The fourth-order valence-corrected chi connectivity index (χ4v) is 5.93. The van der Waals surface area contributed by atoms with E-state index in [0.717, 1.165) is 54.0 Å². The first-order chi connectivity index (χ1) is 17.2. The molecule has 1 aliphatic carbocycles. The van der Waals surface area contributed by atoms with Crippen LogP contribution in [-0.4, -0.2) is 56.5 Å². The van der Waals surface area contributed by atoms with Crippen LogP contribution >= 0.6 is 0 Å². The molecule has 35 heavy (non-hydrogen) atoms. The topological polar surface area (TPSA) is 105 Å². The maximum Gasteiger partial charge on any atom is 0.253 e. The van der Waals surface area contributed by atoms with Crippen molar-refractivity contribution < 1.29 is 4.79 Å². The third kappa shape index (κ3) is 4.16. The highest BCUT2D eigenvalue weighted by atomic mass is 16.1. The van der Waals surface area contributed by atoms with Crippen LogP contribution in [0.4, 0.5) is 5.69 Å². The molecule has 8 heteroatoms. The minimum atomic E-state index is -0.462. The van der Waals surface area contributed by atoms with Gasteiger partial charge in [0.15, 0.2) is 0 Å². The lowest BCUT2D eigenvalue weighted by Gasteiger charge is -2.23. The molecular weight excluding hydrogens is 438 g/mol. The predicted molar refractivity (Wildman–Crippen MR) is 140 cm³/mol. The molecular formula is C27H33N7O. The number of nitrogens with one attached hydrogen (secondary N) is 2. The van der Waals surface area contributed by atoms with Gasteiger partial charge in [-0.05, 0) is 62.5 Å². The Kier molecular flexibility index (Phi) is 5.90. The van der Waals surface area contributed by atoms with Crippen molar-refractivity contribution in [2.45, 2.75) is 51.0 Å². The van der Waals surface area contributed by atoms with E-state index in [0.29, 0.717) is 17.1 Å². The fraction of sp³-hybridized carbons (Fsp3) is 0.444. The largest absolute Gasteiger partial charge is 0.383 e. The van der Waals surface area contributed by atoms with Crippen LogP contribution in [0.5, 0.6) is 0 Å². The van der Waals surface area contributed by atoms with Crippen LogP contribution < -0.4 is 11.1 Å². The van der Waals surface area contributed by atoms with E-state index < -0.39 is 5.91 Å². The van der Waals surface area contributed by atoms with E-state index in [1.807, 2.05) is 12.4 Å². The lowest BCUT2D eigenvalue weighted by molar-refractivity contribution is 0.100. The van der Waals surface area contributed by atoms with E-state index in [4.69, 9.17) is 10.7 Å². The van der Waals surface area contributed by atoms with E-state index in [1.54, 1.807) is 6.33 Å². The number of benzene rings is 2. The number of nitrogens with two attached hydrogens (primary N) is 1. The van der Waals surface area contributed by atoms with Crippen molar-refractivity contribution in [2.24, 2.45) is 5.73 Å². The van der Waals surface area contributed by atoms with E-state index in [9.17, 15) is 4.79 Å². The zero-order valence-corrected chi connectivity index (χ0v) is 20.1. The molecule has 1 saturated heterocycles. The number of aromatic nitrogens is 4. The summed E-state index contributed by atoms with van der Waals surface area (Å²) in [7, 11) is 0. The van der Waals surface area contributed by atoms with Gasteiger partial charge in [0.2, 0.25) is 0 Å². The average Bonchev–Trinajstić information content (AvgIpc) is 3.64. The number of H-pyrrole nitrogens is 1. The number of hydrogen-bond acceptors (Lipinski definition) is 5. The molecule has 6 rings (SSSR count). The molecule has 4 N–H and O–H groups in total. The second-order valence-corrected chi connectivity index (χ2v) is 9.96. The van der Waals surface area contributed by atoms with Gasteiger partial charge in [-0.1, -0.05) is 25.3 Å². The van der Waals surface area contributed by atoms with Crippen LogP contribution in [-0.2, 0) is 0 Å². The van der Waals surface area contributed by atoms with Crippen molar-refractivity contribution in [2.75, 3.05) is 31.5 Å². The van der Waals surface area contributed by atoms with Crippen molar-refractivity contribution in [1.82, 2.24) is 24.4 Å². The number of anilines is 1. The standard InChI is InChI=1S/C27H33N7O/c28-27(35)24-22(29-10-13-33-11-4-5-12-33)15-20(25-26(24)31-16-30-25)18-8-9-23-21(14-18)32-17-34(23)19-6-2-1-3-7-19/h8-9,14-17,19,29H,1-7,10-13H2,(H2,28,35)(H,30,31). The smallest absolute Gasteiger partial charge is 0.253 e. The molecule has 1 saturated carbocycles. The van der Waals surface area contributed by atoms with Gasteiger partial charge in [-0.25, -0.2) is 9.97 Å². The van der Waals surface area contributed by atoms with Gasteiger partial charge in [0.05, 0.1) is 40.3 Å². The van der Waals surface area contributed by atoms with E-state index in [2.05, 4.69) is 43.0 Å². The second-order valence-electron chi connectivity index (χ2n) is 9.96. The van der Waals surface area contributed by atoms with E-state index in [-0.39, 0.29) is 0 Å². The Bertz CT molecular complexity index is 1360. The van der Waals surface area contributed by atoms with Crippen molar-refractivity contribution in [3.8, 4) is 11.1 Å². The number of carbonyl (C=O) groups is 1. The molecule has 0 bridgehead atoms. The van der Waals surface area contributed by atoms with Gasteiger partial charge in [-0.3, -0.25) is 4.79 Å². The Morgan fingerprint density at radius 2 is 1.91 bits per heavy atom. The molecule has 2 aliphatic rings. The SMILES string of the molecule is NC(=O)c1c(NCCN2CCCC2)cc(-c2ccc3c(c2)ncn3C2CCCCC2)c2nc[nH]c12. The number of aromatic amines is 1. The molecule has 8 nitrogen and oxygen atoms in total. The highest BCUT2D eigenvalue weighted by Crippen LogP contribution is 2.36. The number of carbonyl (C=O) groups excluding carboxylic acids is 1. The number of likely N-dealkylation sites (tertiary alicyclic amines) is 1. The minimum absolute atomic E-state index is 0.462. The highest BCUT2D eigenvalue weighted by Gasteiger charge is 2.21. The Balaban J connectivity index is 1.37. The van der Waals surface area contributed by atoms with Gasteiger partial charge in [-0.2, -0.15) is 0 Å². The second kappa shape index (κ2) is 9.34. The number of amides is 1. The maximum atomic E-state index is 12.4. The summed E-state index contributed by atoms with van der Waals surface area (Å²) in [4.78, 5) is 27.3. The number of nitrogens with zero attached hydrogens (tertiary/aromatic N) is 4. The van der Waals surface area contributed by atoms with E-state index in [1.165, 1.54) is 50.5 Å². The Labute approximate surface area is 204 Å². The van der Waals surface area contributed by atoms with Gasteiger partial charge in [0.1, 0.15) is 0 Å². The van der Waals surface area contributed by atoms with Crippen molar-refractivity contribution >= 4 is 33.7 Å². The molecule has 4 aromatic rings. The minimum Gasteiger partial charge on any atom is -0.383 e. The fourth-order valence-electron chi connectivity index (χ4n) is 5.93. The Morgan fingerprint density at radius 1 is 1.09 bits per heavy atom. The molecule has 0 spiro atoms. The molecule has 0 atom stereocenters. The zero-order chi connectivity index (χ0) is 23.8. The van der Waals surface area contributed by atoms with Gasteiger partial charge < -0.3 is 25.5 Å². The first kappa shape index (κ1) is 22.1. The molecule has 1 amide bonds. The molecule has 2 aromatic carbocycles. The number of fused-ring (bicyclic) bond motifs is 2. The Hall–Kier alpha value is -3.39. The summed E-state index contributed by atoms with van der Waals surface area (Å²) in [5.41, 5.74) is 12.6. The molecule has 3 heterocycles. The summed E-state index contributed by atoms with van der Waals surface area (Å²) in [6, 6.07) is 9.01. The maximum absolute atomic E-state index is 12.4. The van der Waals surface area contributed by atoms with Crippen LogP contribution in [0.2, 0.25) is 0 Å². The average molecular weight is 472 g/mol. The monoisotopic (exact) mass is 471 g/mol. The van der Waals surface area contributed by atoms with E-state index >= 15 is 0 Å². The molecule has 2 aromatic heterocycles. The van der Waals surface area contributed by atoms with Crippen LogP contribution in [0.1, 0.15) is 61.3 Å². The first-order valence-corrected chi connectivity index (χ1v) is 12.9. The quantitative estimate of drug-likeness (QED) is 0.363. The summed E-state index contributed by atoms with van der Waals surface area (Å²) >= 11 is 0. The van der Waals surface area contributed by atoms with Gasteiger partial charge in [0, 0.05) is 30.4 Å². The summed E-state index contributed by atoms with van der Waals surface area (Å²) in [6.07, 6.45) is 12.5. The van der Waals surface area contributed by atoms with Gasteiger partial charge in [0.25, 0.3) is 5.91 Å². The lowest BCUT2D eigenvalue weighted by atomic mass is 9.95. The third-order valence-corrected chi connectivity index (χ3v) is 7.74. The first-order valence-electron chi connectivity index (χ1n) is 12.9. The number of rotatable bonds is 7. The molecule has 0 unspecified atom stereocenters. The number of imidazole rings is 2. The van der Waals surface area contributed by atoms with Gasteiger partial charge >= 0.3 is 0 Å². The highest BCUT2D eigenvalue weighted by molar-refractivity contribution is 6.12. The van der Waals surface area contributed by atoms with Gasteiger partial charge in [-0.15, -0.1) is 0 Å². The predicted octanol–water partition coefficient (Wildman–Crippen LogP) is 4.69. The molecule has 2 fully saturated rings. The summed E-state index contributed by atoms with van der Waals surface area (Å²) in [6.45, 7) is 3.98. The van der Waals surface area contributed by atoms with Crippen LogP contribution in [0, 0.1) is 0 Å². The molecule has 1 aliphatic heterocycles. The summed E-state index contributed by atoms with van der Waals surface area (Å²) in [5, 5.41) is 3.49. The van der Waals surface area contributed by atoms with Crippen LogP contribution in [0.3, 0.4) is 0 Å². The third-order valence-electron chi connectivity index (χ3n) is 7.74. The zero-order valence-electron chi connectivity index (χ0n) is 20.1. The van der Waals surface area contributed by atoms with Crippen molar-refractivity contribution in [3.05, 3.63) is 42.5 Å². The summed E-state index contributed by atoms with van der Waals surface area (Å²) in [5.74, 6) is -0.462. The van der Waals surface area contributed by atoms with Crippen LogP contribution in [0.25, 0.3) is 33.2 Å². The van der Waals surface area contributed by atoms with Crippen LogP contribution in [0.15, 0.2) is 36.9 Å². The summed E-state index contributed by atoms with van der Waals surface area (Å²) < 4.78 is 2.35. The molecule has 182 valence electrons. The number of primary amides is 1. The number of hydrogen-bond donors (Lipinski definition) is 3. The Morgan fingerprint density at radius 3 is 2.71 bits per heavy atom.